The summed E-state index contributed by atoms with van der Waals surface area (Å²) in [4.78, 5) is 23.6. The van der Waals surface area contributed by atoms with E-state index in [2.05, 4.69) is 10.6 Å². The summed E-state index contributed by atoms with van der Waals surface area (Å²) in [7, 11) is 0. The second kappa shape index (κ2) is 10.2. The average molecular weight is 356 g/mol. The molecule has 0 atom stereocenters. The normalized spacial score (nSPS) is 10.2. The molecular formula is C20H24N2O4. The van der Waals surface area contributed by atoms with Crippen molar-refractivity contribution in [2.75, 3.05) is 30.5 Å². The number of ether oxygens (including phenoxy) is 2. The number of carbonyl (C=O) groups excluding carboxylic acids is 2. The van der Waals surface area contributed by atoms with Crippen LogP contribution in [0.4, 0.5) is 16.2 Å². The maximum absolute atomic E-state index is 12.1. The van der Waals surface area contributed by atoms with Gasteiger partial charge in [0.05, 0.1) is 13.2 Å². The number of nitrogens with one attached hydrogen (secondary N) is 2. The molecule has 0 saturated heterocycles. The number of hydrogen-bond acceptors (Lipinski definition) is 4. The van der Waals surface area contributed by atoms with Crippen molar-refractivity contribution < 1.29 is 19.1 Å². The molecule has 0 heterocycles. The van der Waals surface area contributed by atoms with E-state index < -0.39 is 6.09 Å². The lowest BCUT2D eigenvalue weighted by Crippen LogP contribution is -2.20. The molecule has 0 fully saturated rings. The zero-order valence-electron chi connectivity index (χ0n) is 15.1. The van der Waals surface area contributed by atoms with Gasteiger partial charge in [-0.3, -0.25) is 10.1 Å². The molecule has 2 N–H and O–H groups in total. The summed E-state index contributed by atoms with van der Waals surface area (Å²) in [5.74, 6) is -0.241. The van der Waals surface area contributed by atoms with E-state index in [0.717, 1.165) is 12.0 Å². The van der Waals surface area contributed by atoms with Gasteiger partial charge in [0.25, 0.3) is 0 Å². The van der Waals surface area contributed by atoms with E-state index in [4.69, 9.17) is 9.47 Å². The van der Waals surface area contributed by atoms with Gasteiger partial charge in [-0.05, 0) is 43.5 Å². The molecule has 2 aromatic rings. The molecule has 0 aromatic heterocycles. The van der Waals surface area contributed by atoms with Crippen molar-refractivity contribution in [3.8, 4) is 0 Å². The van der Waals surface area contributed by atoms with Gasteiger partial charge in [-0.2, -0.15) is 0 Å². The molecule has 138 valence electrons. The van der Waals surface area contributed by atoms with Gasteiger partial charge in [0.2, 0.25) is 5.91 Å². The maximum Gasteiger partial charge on any atom is 0.411 e. The molecule has 0 saturated carbocycles. The topological polar surface area (TPSA) is 76.7 Å². The molecule has 0 radical (unpaired) electrons. The molecule has 0 spiro atoms. The molecule has 6 heteroatoms. The van der Waals surface area contributed by atoms with Gasteiger partial charge >= 0.3 is 6.09 Å². The monoisotopic (exact) mass is 356 g/mol. The number of anilines is 2. The van der Waals surface area contributed by atoms with Crippen molar-refractivity contribution in [2.24, 2.45) is 0 Å². The SMILES string of the molecule is CCOC(=O)Nc1cccc(NC(=O)COCCc2ccccc2)c1C. The highest BCUT2D eigenvalue weighted by Gasteiger charge is 2.10. The summed E-state index contributed by atoms with van der Waals surface area (Å²) >= 11 is 0. The van der Waals surface area contributed by atoms with Gasteiger partial charge in [0, 0.05) is 11.4 Å². The van der Waals surface area contributed by atoms with E-state index in [9.17, 15) is 9.59 Å². The average Bonchev–Trinajstić information content (AvgIpc) is 2.63. The van der Waals surface area contributed by atoms with Crippen molar-refractivity contribution in [3.63, 3.8) is 0 Å². The molecule has 26 heavy (non-hydrogen) atoms. The van der Waals surface area contributed by atoms with E-state index in [1.54, 1.807) is 25.1 Å². The summed E-state index contributed by atoms with van der Waals surface area (Å²) in [6.45, 7) is 4.29. The number of hydrogen-bond donors (Lipinski definition) is 2. The Bertz CT molecular complexity index is 732. The van der Waals surface area contributed by atoms with E-state index in [-0.39, 0.29) is 12.5 Å². The second-order valence-corrected chi connectivity index (χ2v) is 5.66. The van der Waals surface area contributed by atoms with Crippen LogP contribution >= 0.6 is 0 Å². The number of carbonyl (C=O) groups is 2. The van der Waals surface area contributed by atoms with E-state index in [1.807, 2.05) is 37.3 Å². The predicted molar refractivity (Wildman–Crippen MR) is 101 cm³/mol. The third-order valence-corrected chi connectivity index (χ3v) is 3.73. The fourth-order valence-electron chi connectivity index (χ4n) is 2.37. The third-order valence-electron chi connectivity index (χ3n) is 3.73. The van der Waals surface area contributed by atoms with E-state index in [1.165, 1.54) is 5.56 Å². The summed E-state index contributed by atoms with van der Waals surface area (Å²) in [6, 6.07) is 15.2. The van der Waals surface area contributed by atoms with Gasteiger partial charge in [-0.15, -0.1) is 0 Å². The minimum atomic E-state index is -0.525. The van der Waals surface area contributed by atoms with Crippen LogP contribution in [0, 0.1) is 6.92 Å². The molecular weight excluding hydrogens is 332 g/mol. The van der Waals surface area contributed by atoms with Gasteiger partial charge in [0.15, 0.2) is 0 Å². The first-order valence-electron chi connectivity index (χ1n) is 8.55. The van der Waals surface area contributed by atoms with Gasteiger partial charge < -0.3 is 14.8 Å². The quantitative estimate of drug-likeness (QED) is 0.706. The molecule has 2 amide bonds. The molecule has 0 aliphatic carbocycles. The van der Waals surface area contributed by atoms with Gasteiger partial charge in [-0.25, -0.2) is 4.79 Å². The molecule has 6 nitrogen and oxygen atoms in total. The van der Waals surface area contributed by atoms with Crippen LogP contribution in [-0.4, -0.2) is 31.8 Å². The highest BCUT2D eigenvalue weighted by atomic mass is 16.5. The number of rotatable bonds is 8. The zero-order chi connectivity index (χ0) is 18.8. The first kappa shape index (κ1) is 19.5. The second-order valence-electron chi connectivity index (χ2n) is 5.66. The minimum absolute atomic E-state index is 0.0260. The molecule has 2 aromatic carbocycles. The Morgan fingerprint density at radius 3 is 2.35 bits per heavy atom. The molecule has 0 unspecified atom stereocenters. The Hall–Kier alpha value is -2.86. The van der Waals surface area contributed by atoms with Crippen LogP contribution in [-0.2, 0) is 20.7 Å². The van der Waals surface area contributed by atoms with Crippen molar-refractivity contribution in [1.82, 2.24) is 0 Å². The lowest BCUT2D eigenvalue weighted by atomic mass is 10.1. The fraction of sp³-hybridized carbons (Fsp3) is 0.300. The van der Waals surface area contributed by atoms with E-state index in [0.29, 0.717) is 24.6 Å². The van der Waals surface area contributed by atoms with Gasteiger partial charge in [-0.1, -0.05) is 36.4 Å². The zero-order valence-corrected chi connectivity index (χ0v) is 15.1. The molecule has 0 bridgehead atoms. The Labute approximate surface area is 153 Å². The Balaban J connectivity index is 1.81. The first-order valence-corrected chi connectivity index (χ1v) is 8.55. The number of benzene rings is 2. The van der Waals surface area contributed by atoms with Crippen molar-refractivity contribution >= 4 is 23.4 Å². The molecule has 0 aliphatic rings. The van der Waals surface area contributed by atoms with Crippen LogP contribution in [0.5, 0.6) is 0 Å². The van der Waals surface area contributed by atoms with Crippen LogP contribution in [0.3, 0.4) is 0 Å². The van der Waals surface area contributed by atoms with Crippen LogP contribution < -0.4 is 10.6 Å². The van der Waals surface area contributed by atoms with Crippen LogP contribution in [0.15, 0.2) is 48.5 Å². The van der Waals surface area contributed by atoms with Crippen molar-refractivity contribution in [2.45, 2.75) is 20.3 Å². The smallest absolute Gasteiger partial charge is 0.411 e. The summed E-state index contributed by atoms with van der Waals surface area (Å²) in [5, 5.41) is 5.45. The Kier molecular flexibility index (Phi) is 7.64. The maximum atomic E-state index is 12.1. The van der Waals surface area contributed by atoms with Crippen LogP contribution in [0.2, 0.25) is 0 Å². The van der Waals surface area contributed by atoms with Crippen molar-refractivity contribution in [1.29, 1.82) is 0 Å². The summed E-state index contributed by atoms with van der Waals surface area (Å²) < 4.78 is 10.3. The van der Waals surface area contributed by atoms with E-state index >= 15 is 0 Å². The van der Waals surface area contributed by atoms with Gasteiger partial charge in [0.1, 0.15) is 6.61 Å². The lowest BCUT2D eigenvalue weighted by Gasteiger charge is -2.13. The third kappa shape index (κ3) is 6.22. The first-order chi connectivity index (χ1) is 12.6. The Morgan fingerprint density at radius 2 is 1.65 bits per heavy atom. The molecule has 0 aliphatic heterocycles. The number of amides is 2. The minimum Gasteiger partial charge on any atom is -0.450 e. The van der Waals surface area contributed by atoms with Crippen LogP contribution in [0.25, 0.3) is 0 Å². The summed E-state index contributed by atoms with van der Waals surface area (Å²) in [5.41, 5.74) is 3.13. The van der Waals surface area contributed by atoms with Crippen LogP contribution in [0.1, 0.15) is 18.1 Å². The van der Waals surface area contributed by atoms with Crippen molar-refractivity contribution in [3.05, 3.63) is 59.7 Å². The standard InChI is InChI=1S/C20H24N2O4/c1-3-26-20(24)22-18-11-7-10-17(15(18)2)21-19(23)14-25-13-12-16-8-5-4-6-9-16/h4-11H,3,12-14H2,1-2H3,(H,21,23)(H,22,24). The molecule has 2 rings (SSSR count). The Morgan fingerprint density at radius 1 is 0.962 bits per heavy atom. The highest BCUT2D eigenvalue weighted by Crippen LogP contribution is 2.23. The highest BCUT2D eigenvalue weighted by molar-refractivity contribution is 5.94. The largest absolute Gasteiger partial charge is 0.450 e. The summed E-state index contributed by atoms with van der Waals surface area (Å²) in [6.07, 6.45) is 0.231. The predicted octanol–water partition coefficient (Wildman–Crippen LogP) is 3.76. The fourth-order valence-corrected chi connectivity index (χ4v) is 2.37. The lowest BCUT2D eigenvalue weighted by molar-refractivity contribution is -0.120.